The summed E-state index contributed by atoms with van der Waals surface area (Å²) in [4.78, 5) is 50.3. The van der Waals surface area contributed by atoms with Gasteiger partial charge in [-0.05, 0) is 18.6 Å². The third-order valence-corrected chi connectivity index (χ3v) is 4.41. The van der Waals surface area contributed by atoms with Gasteiger partial charge in [-0.1, -0.05) is 18.2 Å². The standard InChI is InChI=1S/C19H25N5O6/c1-10(25)17(20)19(30)22-8-15(26)24-14(18(29)23-9-16(27)28)6-11-7-21-13-5-3-2-4-12(11)13/h2-5,7,10,14,17,21,25H,6,8-9,20H2,1H3,(H,22,30)(H,23,29)(H,24,26)(H,27,28). The summed E-state index contributed by atoms with van der Waals surface area (Å²) in [6, 6.07) is 5.13. The highest BCUT2D eigenvalue weighted by Crippen LogP contribution is 2.19. The number of carboxylic acid groups (broad SMARTS) is 1. The average Bonchev–Trinajstić information content (AvgIpc) is 3.11. The molecular weight excluding hydrogens is 394 g/mol. The van der Waals surface area contributed by atoms with Gasteiger partial charge in [0, 0.05) is 23.5 Å². The van der Waals surface area contributed by atoms with Crippen LogP contribution in [0.4, 0.5) is 0 Å². The van der Waals surface area contributed by atoms with Gasteiger partial charge in [-0.3, -0.25) is 19.2 Å². The molecule has 2 rings (SSSR count). The summed E-state index contributed by atoms with van der Waals surface area (Å²) in [7, 11) is 0. The Morgan fingerprint density at radius 2 is 1.77 bits per heavy atom. The molecule has 0 spiro atoms. The lowest BCUT2D eigenvalue weighted by Crippen LogP contribution is -2.53. The van der Waals surface area contributed by atoms with Crippen LogP contribution in [0.1, 0.15) is 12.5 Å². The van der Waals surface area contributed by atoms with E-state index in [9.17, 15) is 24.3 Å². The van der Waals surface area contributed by atoms with Gasteiger partial charge in [-0.2, -0.15) is 0 Å². The minimum Gasteiger partial charge on any atom is -0.480 e. The third-order valence-electron chi connectivity index (χ3n) is 4.41. The molecule has 0 radical (unpaired) electrons. The molecule has 0 bridgehead atoms. The first kappa shape index (κ1) is 22.8. The summed E-state index contributed by atoms with van der Waals surface area (Å²) in [5.41, 5.74) is 7.09. The molecule has 0 aliphatic carbocycles. The number of nitrogens with one attached hydrogen (secondary N) is 4. The SMILES string of the molecule is CC(O)C(N)C(=O)NCC(=O)NC(Cc1c[nH]c2ccccc12)C(=O)NCC(=O)O. The van der Waals surface area contributed by atoms with Crippen LogP contribution in [0.2, 0.25) is 0 Å². The Balaban J connectivity index is 2.07. The molecule has 0 saturated heterocycles. The maximum absolute atomic E-state index is 12.4. The van der Waals surface area contributed by atoms with Crippen molar-refractivity contribution in [3.8, 4) is 0 Å². The lowest BCUT2D eigenvalue weighted by atomic mass is 10.0. The van der Waals surface area contributed by atoms with E-state index >= 15 is 0 Å². The van der Waals surface area contributed by atoms with Crippen molar-refractivity contribution in [2.75, 3.05) is 13.1 Å². The number of carboxylic acids is 1. The van der Waals surface area contributed by atoms with Crippen LogP contribution in [-0.2, 0) is 25.6 Å². The fourth-order valence-electron chi connectivity index (χ4n) is 2.77. The fourth-order valence-corrected chi connectivity index (χ4v) is 2.77. The number of hydrogen-bond acceptors (Lipinski definition) is 6. The first-order valence-corrected chi connectivity index (χ1v) is 9.24. The largest absolute Gasteiger partial charge is 0.480 e. The average molecular weight is 419 g/mol. The Kier molecular flexibility index (Phi) is 7.90. The zero-order valence-electron chi connectivity index (χ0n) is 16.3. The number of para-hydroxylation sites is 1. The van der Waals surface area contributed by atoms with Crippen molar-refractivity contribution in [2.24, 2.45) is 5.73 Å². The second kappa shape index (κ2) is 10.4. The molecule has 3 amide bonds. The predicted molar refractivity (Wildman–Crippen MR) is 107 cm³/mol. The van der Waals surface area contributed by atoms with E-state index in [-0.39, 0.29) is 6.42 Å². The van der Waals surface area contributed by atoms with Gasteiger partial charge in [-0.15, -0.1) is 0 Å². The fraction of sp³-hybridized carbons (Fsp3) is 0.368. The van der Waals surface area contributed by atoms with Gasteiger partial charge in [0.05, 0.1) is 12.6 Å². The summed E-state index contributed by atoms with van der Waals surface area (Å²) in [6.07, 6.45) is 0.713. The molecule has 0 fully saturated rings. The number of rotatable bonds is 10. The van der Waals surface area contributed by atoms with Crippen molar-refractivity contribution < 1.29 is 29.4 Å². The van der Waals surface area contributed by atoms with E-state index in [2.05, 4.69) is 20.9 Å². The summed E-state index contributed by atoms with van der Waals surface area (Å²) < 4.78 is 0. The molecule has 0 aliphatic heterocycles. The first-order chi connectivity index (χ1) is 14.2. The van der Waals surface area contributed by atoms with Crippen molar-refractivity contribution in [1.82, 2.24) is 20.9 Å². The van der Waals surface area contributed by atoms with Crippen molar-refractivity contribution in [1.29, 1.82) is 0 Å². The number of carbonyl (C=O) groups excluding carboxylic acids is 3. The van der Waals surface area contributed by atoms with E-state index in [1.807, 2.05) is 24.3 Å². The summed E-state index contributed by atoms with van der Waals surface area (Å²) >= 11 is 0. The molecule has 3 atom stereocenters. The van der Waals surface area contributed by atoms with E-state index in [4.69, 9.17) is 10.8 Å². The highest BCUT2D eigenvalue weighted by molar-refractivity contribution is 5.93. The van der Waals surface area contributed by atoms with Crippen LogP contribution in [0.3, 0.4) is 0 Å². The number of carbonyl (C=O) groups is 4. The summed E-state index contributed by atoms with van der Waals surface area (Å²) in [5.74, 6) is -3.29. The Bertz CT molecular complexity index is 925. The molecule has 3 unspecified atom stereocenters. The van der Waals surface area contributed by atoms with E-state index in [0.29, 0.717) is 0 Å². The highest BCUT2D eigenvalue weighted by Gasteiger charge is 2.24. The maximum atomic E-state index is 12.4. The van der Waals surface area contributed by atoms with Crippen molar-refractivity contribution in [3.63, 3.8) is 0 Å². The van der Waals surface area contributed by atoms with E-state index in [1.54, 1.807) is 6.20 Å². The number of amides is 3. The second-order valence-corrected chi connectivity index (χ2v) is 6.78. The van der Waals surface area contributed by atoms with Gasteiger partial charge < -0.3 is 36.9 Å². The molecule has 1 heterocycles. The molecule has 11 heteroatoms. The predicted octanol–water partition coefficient (Wildman–Crippen LogP) is -1.78. The van der Waals surface area contributed by atoms with E-state index in [0.717, 1.165) is 16.5 Å². The molecule has 8 N–H and O–H groups in total. The molecule has 0 aliphatic rings. The smallest absolute Gasteiger partial charge is 0.322 e. The number of aliphatic carboxylic acids is 1. The second-order valence-electron chi connectivity index (χ2n) is 6.78. The maximum Gasteiger partial charge on any atom is 0.322 e. The Morgan fingerprint density at radius 1 is 1.10 bits per heavy atom. The zero-order chi connectivity index (χ0) is 22.3. The number of aliphatic hydroxyl groups is 1. The monoisotopic (exact) mass is 419 g/mol. The Labute approximate surface area is 172 Å². The van der Waals surface area contributed by atoms with Gasteiger partial charge in [0.15, 0.2) is 0 Å². The van der Waals surface area contributed by atoms with Gasteiger partial charge in [0.1, 0.15) is 18.6 Å². The van der Waals surface area contributed by atoms with Crippen molar-refractivity contribution >= 4 is 34.6 Å². The lowest BCUT2D eigenvalue weighted by Gasteiger charge is -2.19. The highest BCUT2D eigenvalue weighted by atomic mass is 16.4. The number of fused-ring (bicyclic) bond motifs is 1. The normalized spacial score (nSPS) is 13.8. The van der Waals surface area contributed by atoms with Crippen LogP contribution < -0.4 is 21.7 Å². The number of aromatic nitrogens is 1. The van der Waals surface area contributed by atoms with Gasteiger partial charge in [-0.25, -0.2) is 0 Å². The van der Waals surface area contributed by atoms with Crippen LogP contribution in [0, 0.1) is 0 Å². The van der Waals surface area contributed by atoms with Crippen LogP contribution in [0.25, 0.3) is 10.9 Å². The van der Waals surface area contributed by atoms with Gasteiger partial charge >= 0.3 is 5.97 Å². The van der Waals surface area contributed by atoms with Crippen molar-refractivity contribution in [3.05, 3.63) is 36.0 Å². The lowest BCUT2D eigenvalue weighted by molar-refractivity contribution is -0.138. The number of hydrogen-bond donors (Lipinski definition) is 7. The quantitative estimate of drug-likeness (QED) is 0.237. The summed E-state index contributed by atoms with van der Waals surface area (Å²) in [5, 5.41) is 26.0. The Morgan fingerprint density at radius 3 is 2.43 bits per heavy atom. The van der Waals surface area contributed by atoms with E-state index < -0.39 is 55.0 Å². The molecule has 162 valence electrons. The van der Waals surface area contributed by atoms with Crippen molar-refractivity contribution in [2.45, 2.75) is 31.5 Å². The summed E-state index contributed by atoms with van der Waals surface area (Å²) in [6.45, 7) is 0.281. The molecule has 2 aromatic rings. The molecule has 30 heavy (non-hydrogen) atoms. The van der Waals surface area contributed by atoms with Gasteiger partial charge in [0.25, 0.3) is 0 Å². The minimum absolute atomic E-state index is 0.0995. The molecule has 11 nitrogen and oxygen atoms in total. The topological polar surface area (TPSA) is 187 Å². The van der Waals surface area contributed by atoms with Gasteiger partial charge in [0.2, 0.25) is 17.7 Å². The number of aromatic amines is 1. The molecular formula is C19H25N5O6. The third kappa shape index (κ3) is 6.29. The molecule has 0 saturated carbocycles. The van der Waals surface area contributed by atoms with Crippen LogP contribution >= 0.6 is 0 Å². The molecule has 1 aromatic heterocycles. The number of benzene rings is 1. The first-order valence-electron chi connectivity index (χ1n) is 9.24. The van der Waals surface area contributed by atoms with Crippen LogP contribution in [0.5, 0.6) is 0 Å². The minimum atomic E-state index is -1.22. The van der Waals surface area contributed by atoms with Crippen LogP contribution in [0.15, 0.2) is 30.5 Å². The van der Waals surface area contributed by atoms with Crippen LogP contribution in [-0.4, -0.2) is 70.2 Å². The Hall–Kier alpha value is -3.44. The number of aliphatic hydroxyl groups excluding tert-OH is 1. The number of nitrogens with two attached hydrogens (primary N) is 1. The zero-order valence-corrected chi connectivity index (χ0v) is 16.3. The molecule has 1 aromatic carbocycles. The number of H-pyrrole nitrogens is 1. The van der Waals surface area contributed by atoms with E-state index in [1.165, 1.54) is 6.92 Å².